The molecule has 0 N–H and O–H groups in total. The minimum Gasteiger partial charge on any atom is -0.309 e. The monoisotopic (exact) mass is 399 g/mol. The summed E-state index contributed by atoms with van der Waals surface area (Å²) >= 11 is 0. The zero-order valence-corrected chi connectivity index (χ0v) is 20.2. The van der Waals surface area contributed by atoms with E-state index in [1.165, 1.54) is 44.2 Å². The highest BCUT2D eigenvalue weighted by Gasteiger charge is 2.20. The molecule has 0 saturated heterocycles. The molecule has 0 bridgehead atoms. The number of hydrogen-bond acceptors (Lipinski definition) is 0. The van der Waals surface area contributed by atoms with Gasteiger partial charge in [0.15, 0.2) is 0 Å². The molecule has 0 fully saturated rings. The molecule has 3 aromatic carbocycles. The van der Waals surface area contributed by atoms with Gasteiger partial charge in [-0.05, 0) is 65.3 Å². The number of aryl methyl sites for hydroxylation is 1. The minimum absolute atomic E-state index is 0.133. The van der Waals surface area contributed by atoms with Crippen molar-refractivity contribution in [1.82, 2.24) is 4.57 Å². The Morgan fingerprint density at radius 3 is 1.33 bits per heavy atom. The number of nitrogens with zero attached hydrogens (tertiary/aromatic N) is 1. The molecule has 0 saturated carbocycles. The van der Waals surface area contributed by atoms with Gasteiger partial charge in [0.05, 0.1) is 11.0 Å². The van der Waals surface area contributed by atoms with Crippen LogP contribution in [0.4, 0.5) is 0 Å². The highest BCUT2D eigenvalue weighted by molar-refractivity contribution is 6.09. The van der Waals surface area contributed by atoms with Crippen molar-refractivity contribution in [2.24, 2.45) is 0 Å². The van der Waals surface area contributed by atoms with Crippen molar-refractivity contribution < 1.29 is 0 Å². The molecule has 30 heavy (non-hydrogen) atoms. The van der Waals surface area contributed by atoms with Gasteiger partial charge in [0, 0.05) is 16.5 Å². The van der Waals surface area contributed by atoms with Crippen molar-refractivity contribution in [1.29, 1.82) is 0 Å². The van der Waals surface area contributed by atoms with Gasteiger partial charge in [0.25, 0.3) is 0 Å². The Morgan fingerprint density at radius 2 is 0.967 bits per heavy atom. The van der Waals surface area contributed by atoms with E-state index in [4.69, 9.17) is 0 Å². The Hall–Kier alpha value is -2.54. The van der Waals surface area contributed by atoms with Crippen LogP contribution in [0, 0.1) is 6.92 Å². The van der Waals surface area contributed by atoms with Crippen molar-refractivity contribution >= 4 is 21.8 Å². The lowest BCUT2D eigenvalue weighted by molar-refractivity contribution is 0.590. The van der Waals surface area contributed by atoms with Gasteiger partial charge in [0.1, 0.15) is 0 Å². The van der Waals surface area contributed by atoms with Crippen molar-refractivity contribution in [2.45, 2.75) is 73.1 Å². The fourth-order valence-corrected chi connectivity index (χ4v) is 3.93. The van der Waals surface area contributed by atoms with E-state index >= 15 is 0 Å². The highest BCUT2D eigenvalue weighted by Crippen LogP contribution is 2.37. The molecule has 0 aliphatic rings. The lowest BCUT2D eigenvalue weighted by Crippen LogP contribution is -2.10. The fourth-order valence-electron chi connectivity index (χ4n) is 3.93. The smallest absolute Gasteiger partial charge is 0.0541 e. The Balaban J connectivity index is 0.00000124. The van der Waals surface area contributed by atoms with Crippen LogP contribution in [0.5, 0.6) is 0 Å². The molecule has 0 amide bonds. The zero-order valence-electron chi connectivity index (χ0n) is 20.2. The number of fused-ring (bicyclic) bond motifs is 3. The Labute approximate surface area is 182 Å². The summed E-state index contributed by atoms with van der Waals surface area (Å²) in [5.74, 6) is 0. The van der Waals surface area contributed by atoms with Crippen LogP contribution in [0.1, 0.15) is 72.1 Å². The topological polar surface area (TPSA) is 4.93 Å². The van der Waals surface area contributed by atoms with E-state index in [2.05, 4.69) is 114 Å². The quantitative estimate of drug-likeness (QED) is 0.301. The largest absolute Gasteiger partial charge is 0.309 e. The summed E-state index contributed by atoms with van der Waals surface area (Å²) in [6, 6.07) is 22.8. The summed E-state index contributed by atoms with van der Waals surface area (Å²) in [5, 5.41) is 2.68. The van der Waals surface area contributed by atoms with Crippen LogP contribution in [-0.2, 0) is 10.8 Å². The predicted octanol–water partition coefficient (Wildman–Crippen LogP) is 8.71. The maximum absolute atomic E-state index is 2.41. The molecule has 1 heterocycles. The molecule has 0 spiro atoms. The molecule has 1 aromatic heterocycles. The molecule has 0 atom stereocenters. The molecule has 4 rings (SSSR count). The van der Waals surface area contributed by atoms with Gasteiger partial charge in [-0.25, -0.2) is 0 Å². The van der Waals surface area contributed by atoms with Gasteiger partial charge in [-0.1, -0.05) is 85.2 Å². The van der Waals surface area contributed by atoms with Gasteiger partial charge in [-0.2, -0.15) is 0 Å². The SMILES string of the molecule is CC.Cc1ccc(-n2c3ccc(C(C)(C)C)cc3c3cc(C(C)(C)C)ccc32)cc1. The normalized spacial score (nSPS) is 12.2. The lowest BCUT2D eigenvalue weighted by atomic mass is 9.85. The standard InChI is InChI=1S/C27H31N.C2H6/c1-18-8-12-21(13-9-18)28-24-14-10-19(26(2,3)4)16-22(24)23-17-20(27(5,6)7)11-15-25(23)28;1-2/h8-17H,1-7H3;1-2H3. The van der Waals surface area contributed by atoms with Crippen molar-refractivity contribution in [3.63, 3.8) is 0 Å². The second-order valence-electron chi connectivity index (χ2n) is 10.1. The molecule has 1 nitrogen and oxygen atoms in total. The van der Waals surface area contributed by atoms with Crippen LogP contribution in [0.2, 0.25) is 0 Å². The van der Waals surface area contributed by atoms with Gasteiger partial charge in [-0.15, -0.1) is 0 Å². The Morgan fingerprint density at radius 1 is 0.567 bits per heavy atom. The van der Waals surface area contributed by atoms with E-state index in [0.717, 1.165) is 0 Å². The molecule has 0 aliphatic heterocycles. The first-order valence-corrected chi connectivity index (χ1v) is 11.2. The van der Waals surface area contributed by atoms with Crippen LogP contribution in [0.15, 0.2) is 60.7 Å². The van der Waals surface area contributed by atoms with Gasteiger partial charge in [0.2, 0.25) is 0 Å². The first kappa shape index (κ1) is 22.2. The molecular formula is C29H37N. The maximum Gasteiger partial charge on any atom is 0.0541 e. The second-order valence-corrected chi connectivity index (χ2v) is 10.1. The van der Waals surface area contributed by atoms with E-state index in [1.807, 2.05) is 13.8 Å². The molecular weight excluding hydrogens is 362 g/mol. The van der Waals surface area contributed by atoms with E-state index in [-0.39, 0.29) is 10.8 Å². The second kappa shape index (κ2) is 7.95. The molecule has 1 heteroatoms. The van der Waals surface area contributed by atoms with Crippen molar-refractivity contribution in [2.75, 3.05) is 0 Å². The Kier molecular flexibility index (Phi) is 5.87. The minimum atomic E-state index is 0.133. The number of benzene rings is 3. The van der Waals surface area contributed by atoms with Crippen LogP contribution >= 0.6 is 0 Å². The third-order valence-electron chi connectivity index (χ3n) is 5.79. The number of aromatic nitrogens is 1. The maximum atomic E-state index is 2.41. The summed E-state index contributed by atoms with van der Waals surface area (Å²) < 4.78 is 2.41. The predicted molar refractivity (Wildman–Crippen MR) is 134 cm³/mol. The first-order chi connectivity index (χ1) is 14.1. The van der Waals surface area contributed by atoms with E-state index in [9.17, 15) is 0 Å². The summed E-state index contributed by atoms with van der Waals surface area (Å²) in [7, 11) is 0. The van der Waals surface area contributed by atoms with Gasteiger partial charge >= 0.3 is 0 Å². The summed E-state index contributed by atoms with van der Waals surface area (Å²) in [4.78, 5) is 0. The third-order valence-corrected chi connectivity index (χ3v) is 5.79. The average molecular weight is 400 g/mol. The number of hydrogen-bond donors (Lipinski definition) is 0. The summed E-state index contributed by atoms with van der Waals surface area (Å²) in [6.45, 7) is 19.9. The van der Waals surface area contributed by atoms with Crippen molar-refractivity contribution in [3.05, 3.63) is 77.4 Å². The van der Waals surface area contributed by atoms with Crippen LogP contribution in [0.3, 0.4) is 0 Å². The fraction of sp³-hybridized carbons (Fsp3) is 0.379. The van der Waals surface area contributed by atoms with Crippen LogP contribution in [-0.4, -0.2) is 4.57 Å². The average Bonchev–Trinajstić information content (AvgIpc) is 3.02. The number of rotatable bonds is 1. The molecule has 0 unspecified atom stereocenters. The molecule has 4 aromatic rings. The highest BCUT2D eigenvalue weighted by atomic mass is 15.0. The van der Waals surface area contributed by atoms with Crippen LogP contribution < -0.4 is 0 Å². The lowest BCUT2D eigenvalue weighted by Gasteiger charge is -2.19. The van der Waals surface area contributed by atoms with Gasteiger partial charge in [-0.3, -0.25) is 0 Å². The zero-order chi connectivity index (χ0) is 22.3. The Bertz CT molecular complexity index is 1090. The van der Waals surface area contributed by atoms with Crippen molar-refractivity contribution in [3.8, 4) is 5.69 Å². The summed E-state index contributed by atoms with van der Waals surface area (Å²) in [6.07, 6.45) is 0. The summed E-state index contributed by atoms with van der Waals surface area (Å²) in [5.41, 5.74) is 8.08. The van der Waals surface area contributed by atoms with E-state index in [0.29, 0.717) is 0 Å². The first-order valence-electron chi connectivity index (χ1n) is 11.2. The molecule has 0 radical (unpaired) electrons. The van der Waals surface area contributed by atoms with E-state index in [1.54, 1.807) is 0 Å². The van der Waals surface area contributed by atoms with Gasteiger partial charge < -0.3 is 4.57 Å². The van der Waals surface area contributed by atoms with E-state index < -0.39 is 0 Å². The third kappa shape index (κ3) is 4.03. The van der Waals surface area contributed by atoms with Crippen LogP contribution in [0.25, 0.3) is 27.5 Å². The molecule has 158 valence electrons. The molecule has 0 aliphatic carbocycles.